The number of aryl methyl sites for hydroxylation is 12. The number of hydrogen-bond donors (Lipinski definition) is 0. The molecule has 8 aromatic heterocycles. The normalized spacial score (nSPS) is 18.6. The summed E-state index contributed by atoms with van der Waals surface area (Å²) in [6, 6.07) is 55.4. The molecule has 0 saturated carbocycles. The molecule has 4 aromatic carbocycles. The molecular weight excluding hydrogens is 1820 g/mol. The van der Waals surface area contributed by atoms with Crippen molar-refractivity contribution in [3.8, 4) is 0 Å². The SMILES string of the molecule is C[n+]1ccc(C(C)(C)C(=O)N2CCN(C3c4ccc(Cl)cc4CCc4cccnc43)CC2)cc1.C[n+]1ccc(CC(=O)N2CCN(C3c4ccc(Cl)cc4CCc4cccnc43)CC2)cc1.Cc1ccc2c(c1)CCc1cc(Br)cnc1C2N1CCN(C(=O)C(C)(C)c2cccnc2)CC1.Cc1ccc2c(c1)CCc1cc(Br)cnc1C2N1CCN(C(=O)Cc2cccnc2)CC1. The summed E-state index contributed by atoms with van der Waals surface area (Å²) in [5.74, 6) is 0.731. The Morgan fingerprint density at radius 1 is 0.348 bits per heavy atom. The van der Waals surface area contributed by atoms with E-state index in [0.29, 0.717) is 39.0 Å². The van der Waals surface area contributed by atoms with E-state index in [9.17, 15) is 19.2 Å². The molecule has 12 aromatic rings. The topological polar surface area (TPSA) is 179 Å². The molecule has 20 rings (SSSR count). The van der Waals surface area contributed by atoms with Crippen LogP contribution >= 0.6 is 55.1 Å². The Labute approximate surface area is 803 Å². The summed E-state index contributed by atoms with van der Waals surface area (Å²) in [5, 5.41) is 1.56. The monoisotopic (exact) mass is 1930 g/mol. The summed E-state index contributed by atoms with van der Waals surface area (Å²) in [6.45, 7) is 24.8. The molecule has 680 valence electrons. The van der Waals surface area contributed by atoms with Crippen LogP contribution in [0.3, 0.4) is 0 Å². The zero-order chi connectivity index (χ0) is 91.9. The Bertz CT molecular complexity index is 6030. The van der Waals surface area contributed by atoms with Gasteiger partial charge in [-0.05, 0) is 274 Å². The van der Waals surface area contributed by atoms with Crippen LogP contribution in [0.2, 0.25) is 10.0 Å². The highest BCUT2D eigenvalue weighted by Crippen LogP contribution is 2.44. The number of benzene rings is 4. The second kappa shape index (κ2) is 41.5. The van der Waals surface area contributed by atoms with E-state index in [1.165, 1.54) is 77.9 Å². The molecule has 4 fully saturated rings. The molecule has 24 heteroatoms. The highest BCUT2D eigenvalue weighted by molar-refractivity contribution is 9.10. The van der Waals surface area contributed by atoms with Crippen LogP contribution in [0, 0.1) is 13.8 Å². The zero-order valence-corrected chi connectivity index (χ0v) is 81.6. The maximum absolute atomic E-state index is 13.6. The van der Waals surface area contributed by atoms with Gasteiger partial charge in [-0.15, -0.1) is 0 Å². The Balaban J connectivity index is 0.000000123. The van der Waals surface area contributed by atoms with E-state index in [2.05, 4.69) is 160 Å². The number of carbonyl (C=O) groups excluding carboxylic acids is 4. The first-order chi connectivity index (χ1) is 63.8. The lowest BCUT2D eigenvalue weighted by atomic mass is 9.83. The molecule has 0 N–H and O–H groups in total. The van der Waals surface area contributed by atoms with Crippen molar-refractivity contribution in [2.24, 2.45) is 14.1 Å². The highest BCUT2D eigenvalue weighted by Gasteiger charge is 2.43. The van der Waals surface area contributed by atoms with Gasteiger partial charge >= 0.3 is 0 Å². The summed E-state index contributed by atoms with van der Waals surface area (Å²) < 4.78 is 6.03. The van der Waals surface area contributed by atoms with E-state index in [1.807, 2.05) is 193 Å². The van der Waals surface area contributed by atoms with E-state index in [1.54, 1.807) is 24.8 Å². The van der Waals surface area contributed by atoms with Gasteiger partial charge in [0.1, 0.15) is 14.1 Å². The third-order valence-corrected chi connectivity index (χ3v) is 29.4. The maximum Gasteiger partial charge on any atom is 0.232 e. The number of piperazine rings is 4. The molecule has 132 heavy (non-hydrogen) atoms. The van der Waals surface area contributed by atoms with Gasteiger partial charge in [-0.2, -0.15) is 0 Å². The van der Waals surface area contributed by atoms with Gasteiger partial charge in [-0.1, -0.05) is 107 Å². The van der Waals surface area contributed by atoms with Crippen molar-refractivity contribution in [2.75, 3.05) is 105 Å². The van der Waals surface area contributed by atoms with Crippen molar-refractivity contribution in [1.29, 1.82) is 0 Å². The van der Waals surface area contributed by atoms with E-state index in [0.717, 1.165) is 194 Å². The Kier molecular flexibility index (Phi) is 29.3. The van der Waals surface area contributed by atoms with E-state index in [4.69, 9.17) is 43.1 Å². The van der Waals surface area contributed by atoms with Crippen molar-refractivity contribution in [3.63, 3.8) is 0 Å². The van der Waals surface area contributed by atoms with Gasteiger partial charge in [0, 0.05) is 198 Å². The lowest BCUT2D eigenvalue weighted by Crippen LogP contribution is -2.54. The second-order valence-electron chi connectivity index (χ2n) is 37.5. The van der Waals surface area contributed by atoms with Crippen molar-refractivity contribution in [1.82, 2.24) is 69.1 Å². The maximum atomic E-state index is 13.6. The van der Waals surface area contributed by atoms with Crippen LogP contribution in [0.25, 0.3) is 0 Å². The van der Waals surface area contributed by atoms with Gasteiger partial charge in [0.25, 0.3) is 0 Å². The molecule has 4 amide bonds. The number of aromatic nitrogens is 8. The smallest absolute Gasteiger partial charge is 0.232 e. The standard InChI is InChI=1S/C28H31BrN4O.C28H32ClN4O.C26H27BrN4O.C26H28ClN4O/c1-19-6-9-24-20(15-19)7-8-21-16-23(29)18-31-25(21)26(24)32-11-13-33(14-12-32)27(34)28(2,3)22-5-4-10-30-17-22;1-28(2,22-10-13-31(3)14-11-22)27(34)33-17-15-32(16-18-33)26-24-9-8-23(29)19-21(24)7-6-20-5-4-12-30-25(20)26;1-18-4-7-23-20(13-18)5-6-21-15-22(27)17-29-25(21)26(23)31-11-9-30(10-12-31)24(32)14-19-3-2-8-28-16-19;1-29-11-8-19(9-12-29)17-24(32)30-13-15-31(16-14-30)26-23-7-6-22(27)18-21(23)5-4-20-3-2-10-28-25(20)26/h4-6,9-10,15-18,26H,7-8,11-14H2,1-3H3;4-5,8-14,19,26H,6-7,15-18H2,1-3H3;2-4,7-8,13,15-17,26H,5-6,9-12,14H2,1H3;2-3,6-12,18,26H,4-5,13-17H2,1H3/q;+1;;+1. The first kappa shape index (κ1) is 93.2. The fourth-order valence-corrected chi connectivity index (χ4v) is 21.8. The van der Waals surface area contributed by atoms with Crippen LogP contribution in [-0.2, 0) is 108 Å². The molecule has 0 spiro atoms. The number of rotatable bonds is 12. The van der Waals surface area contributed by atoms with Crippen molar-refractivity contribution < 1.29 is 28.3 Å². The van der Waals surface area contributed by atoms with Gasteiger partial charge < -0.3 is 19.6 Å². The van der Waals surface area contributed by atoms with Gasteiger partial charge in [-0.3, -0.25) is 68.7 Å². The fourth-order valence-electron chi connectivity index (χ4n) is 20.6. The molecule has 12 heterocycles. The Hall–Kier alpha value is -10.7. The minimum atomic E-state index is -0.594. The average Bonchev–Trinajstić information content (AvgIpc) is 1.47. The average molecular weight is 1930 g/mol. The van der Waals surface area contributed by atoms with Crippen LogP contribution in [0.4, 0.5) is 0 Å². The summed E-state index contributed by atoms with van der Waals surface area (Å²) in [7, 11) is 3.97. The third-order valence-electron chi connectivity index (χ3n) is 28.1. The minimum absolute atomic E-state index is 0.0883. The number of halogens is 4. The number of nitrogens with zero attached hydrogens (tertiary/aromatic N) is 16. The van der Waals surface area contributed by atoms with Crippen molar-refractivity contribution >= 4 is 78.7 Å². The van der Waals surface area contributed by atoms with Crippen LogP contribution in [0.1, 0.15) is 175 Å². The van der Waals surface area contributed by atoms with E-state index < -0.39 is 10.8 Å². The van der Waals surface area contributed by atoms with Crippen LogP contribution in [-0.4, -0.2) is 197 Å². The number of hydrogen-bond acceptors (Lipinski definition) is 14. The number of pyridine rings is 8. The van der Waals surface area contributed by atoms with Gasteiger partial charge in [-0.25, -0.2) is 9.13 Å². The van der Waals surface area contributed by atoms with Crippen LogP contribution < -0.4 is 9.13 Å². The third kappa shape index (κ3) is 21.1. The summed E-state index contributed by atoms with van der Waals surface area (Å²) in [5.41, 5.74) is 26.0. The Morgan fingerprint density at radius 2 is 0.689 bits per heavy atom. The molecule has 8 aliphatic rings. The molecule has 0 radical (unpaired) electrons. The molecule has 4 aliphatic carbocycles. The number of amides is 4. The lowest BCUT2D eigenvalue weighted by Gasteiger charge is -2.42. The molecule has 0 bridgehead atoms. The molecule has 4 aliphatic heterocycles. The quantitative estimate of drug-likeness (QED) is 0.105. The van der Waals surface area contributed by atoms with Crippen molar-refractivity contribution in [3.05, 3.63) is 374 Å². The highest BCUT2D eigenvalue weighted by atomic mass is 79.9. The predicted molar refractivity (Wildman–Crippen MR) is 524 cm³/mol. The van der Waals surface area contributed by atoms with Crippen molar-refractivity contribution in [2.45, 2.75) is 141 Å². The van der Waals surface area contributed by atoms with E-state index in [-0.39, 0.29) is 47.8 Å². The summed E-state index contributed by atoms with van der Waals surface area (Å²) >= 11 is 19.9. The summed E-state index contributed by atoms with van der Waals surface area (Å²) in [6.07, 6.45) is 31.5. The molecule has 4 unspecified atom stereocenters. The molecule has 4 saturated heterocycles. The lowest BCUT2D eigenvalue weighted by molar-refractivity contribution is -0.671. The first-order valence-corrected chi connectivity index (χ1v) is 48.9. The van der Waals surface area contributed by atoms with Gasteiger partial charge in [0.2, 0.25) is 23.6 Å². The number of carbonyl (C=O) groups is 4. The first-order valence-electron chi connectivity index (χ1n) is 46.6. The fraction of sp³-hybridized carbons (Fsp3) is 0.370. The van der Waals surface area contributed by atoms with Crippen LogP contribution in [0.5, 0.6) is 0 Å². The van der Waals surface area contributed by atoms with E-state index >= 15 is 0 Å². The Morgan fingerprint density at radius 3 is 1.09 bits per heavy atom. The number of fused-ring (bicyclic) bond motifs is 8. The molecule has 20 nitrogen and oxygen atoms in total. The van der Waals surface area contributed by atoms with Crippen LogP contribution in [0.15, 0.2) is 241 Å². The summed E-state index contributed by atoms with van der Waals surface area (Å²) in [4.78, 5) is 98.6. The van der Waals surface area contributed by atoms with Gasteiger partial charge in [0.05, 0.1) is 70.6 Å². The zero-order valence-electron chi connectivity index (χ0n) is 76.9. The largest absolute Gasteiger partial charge is 0.340 e. The van der Waals surface area contributed by atoms with Gasteiger partial charge in [0.15, 0.2) is 24.8 Å². The molecule has 4 atom stereocenters. The molecular formula is C108H118Br2Cl2N16O4+2. The predicted octanol–water partition coefficient (Wildman–Crippen LogP) is 16.0. The minimum Gasteiger partial charge on any atom is -0.340 e. The second-order valence-corrected chi connectivity index (χ2v) is 40.2.